The Balaban J connectivity index is 1.65. The van der Waals surface area contributed by atoms with Gasteiger partial charge in [-0.05, 0) is 36.8 Å². The van der Waals surface area contributed by atoms with Crippen LogP contribution in [0.3, 0.4) is 0 Å². The minimum Gasteiger partial charge on any atom is -0.448 e. The van der Waals surface area contributed by atoms with Gasteiger partial charge in [-0.25, -0.2) is 9.78 Å². The van der Waals surface area contributed by atoms with E-state index in [1.54, 1.807) is 13.0 Å². The molecule has 6 heteroatoms. The van der Waals surface area contributed by atoms with Crippen LogP contribution in [-0.4, -0.2) is 27.9 Å². The van der Waals surface area contributed by atoms with Crippen molar-refractivity contribution in [2.24, 2.45) is 0 Å². The molecule has 3 rings (SSSR count). The number of aromatic nitrogens is 2. The molecule has 0 aliphatic heterocycles. The fraction of sp³-hybridized carbons (Fsp3) is 0.158. The first-order valence-corrected chi connectivity index (χ1v) is 7.82. The number of amides is 1. The molecule has 0 saturated heterocycles. The van der Waals surface area contributed by atoms with Crippen molar-refractivity contribution in [1.29, 1.82) is 0 Å². The van der Waals surface area contributed by atoms with Crippen molar-refractivity contribution >= 4 is 28.3 Å². The van der Waals surface area contributed by atoms with Gasteiger partial charge in [0.1, 0.15) is 0 Å². The second-order valence-corrected chi connectivity index (χ2v) is 5.64. The third-order valence-electron chi connectivity index (χ3n) is 3.66. The summed E-state index contributed by atoms with van der Waals surface area (Å²) in [6.07, 6.45) is 1.84. The quantitative estimate of drug-likeness (QED) is 0.741. The van der Waals surface area contributed by atoms with Gasteiger partial charge in [0.15, 0.2) is 11.8 Å². The third kappa shape index (κ3) is 3.98. The minimum absolute atomic E-state index is 0.0657. The molecule has 0 saturated carbocycles. The van der Waals surface area contributed by atoms with Gasteiger partial charge < -0.3 is 10.1 Å². The van der Waals surface area contributed by atoms with Crippen molar-refractivity contribution in [1.82, 2.24) is 9.97 Å². The van der Waals surface area contributed by atoms with Crippen LogP contribution in [0.1, 0.15) is 23.1 Å². The first-order valence-electron chi connectivity index (χ1n) is 7.82. The van der Waals surface area contributed by atoms with Crippen LogP contribution in [0.25, 0.3) is 10.8 Å². The fourth-order valence-electron chi connectivity index (χ4n) is 2.28. The molecule has 2 aromatic carbocycles. The van der Waals surface area contributed by atoms with Gasteiger partial charge in [-0.15, -0.1) is 0 Å². The molecule has 1 amide bonds. The highest BCUT2D eigenvalue weighted by Crippen LogP contribution is 2.19. The van der Waals surface area contributed by atoms with Crippen molar-refractivity contribution < 1.29 is 14.3 Å². The minimum atomic E-state index is -0.956. The largest absolute Gasteiger partial charge is 0.448 e. The Morgan fingerprint density at radius 1 is 1.04 bits per heavy atom. The predicted octanol–water partition coefficient (Wildman–Crippen LogP) is 3.12. The standard InChI is InChI=1S/C19H17N3O3/c1-12-10-21-17(11-20-12)19(24)25-13(2)18(23)22-16-8-7-14-5-3-4-6-15(14)9-16/h3-11,13H,1-2H3,(H,22,23)/t13-/m0/s1. The summed E-state index contributed by atoms with van der Waals surface area (Å²) in [6.45, 7) is 3.28. The van der Waals surface area contributed by atoms with Gasteiger partial charge in [0.25, 0.3) is 5.91 Å². The molecule has 3 aromatic rings. The van der Waals surface area contributed by atoms with E-state index in [4.69, 9.17) is 4.74 Å². The number of anilines is 1. The summed E-state index contributed by atoms with van der Waals surface area (Å²) in [7, 11) is 0. The highest BCUT2D eigenvalue weighted by atomic mass is 16.5. The Bertz CT molecular complexity index is 923. The molecule has 6 nitrogen and oxygen atoms in total. The number of nitrogens with zero attached hydrogens (tertiary/aromatic N) is 2. The zero-order valence-corrected chi connectivity index (χ0v) is 13.9. The van der Waals surface area contributed by atoms with Gasteiger partial charge in [-0.2, -0.15) is 0 Å². The highest BCUT2D eigenvalue weighted by molar-refractivity contribution is 5.98. The number of benzene rings is 2. The van der Waals surface area contributed by atoms with Crippen LogP contribution in [0.4, 0.5) is 5.69 Å². The monoisotopic (exact) mass is 335 g/mol. The van der Waals surface area contributed by atoms with Crippen molar-refractivity contribution in [3.8, 4) is 0 Å². The lowest BCUT2D eigenvalue weighted by Gasteiger charge is -2.13. The number of hydrogen-bond acceptors (Lipinski definition) is 5. The molecule has 0 bridgehead atoms. The number of rotatable bonds is 4. The Morgan fingerprint density at radius 3 is 2.52 bits per heavy atom. The Morgan fingerprint density at radius 2 is 1.80 bits per heavy atom. The van der Waals surface area contributed by atoms with Crippen molar-refractivity contribution in [2.45, 2.75) is 20.0 Å². The maximum absolute atomic E-state index is 12.2. The average molecular weight is 335 g/mol. The van der Waals surface area contributed by atoms with E-state index in [1.807, 2.05) is 36.4 Å². The lowest BCUT2D eigenvalue weighted by Crippen LogP contribution is -2.30. The van der Waals surface area contributed by atoms with Gasteiger partial charge in [0.2, 0.25) is 0 Å². The third-order valence-corrected chi connectivity index (χ3v) is 3.66. The molecule has 1 heterocycles. The second kappa shape index (κ2) is 7.09. The summed E-state index contributed by atoms with van der Waals surface area (Å²) in [6, 6.07) is 13.4. The summed E-state index contributed by atoms with van der Waals surface area (Å²) in [5.41, 5.74) is 1.40. The van der Waals surface area contributed by atoms with E-state index in [1.165, 1.54) is 19.3 Å². The maximum atomic E-state index is 12.2. The van der Waals surface area contributed by atoms with Crippen LogP contribution in [0, 0.1) is 6.92 Å². The topological polar surface area (TPSA) is 81.2 Å². The van der Waals surface area contributed by atoms with E-state index in [0.29, 0.717) is 11.4 Å². The van der Waals surface area contributed by atoms with Crippen molar-refractivity contribution in [2.75, 3.05) is 5.32 Å². The molecule has 25 heavy (non-hydrogen) atoms. The molecule has 126 valence electrons. The molecule has 0 aliphatic carbocycles. The Labute approximate surface area is 144 Å². The summed E-state index contributed by atoms with van der Waals surface area (Å²) in [5.74, 6) is -1.10. The lowest BCUT2D eigenvalue weighted by molar-refractivity contribution is -0.123. The molecule has 1 N–H and O–H groups in total. The SMILES string of the molecule is Cc1cnc(C(=O)O[C@@H](C)C(=O)Nc2ccc3ccccc3c2)cn1. The van der Waals surface area contributed by atoms with Crippen LogP contribution in [0.2, 0.25) is 0 Å². The van der Waals surface area contributed by atoms with Crippen molar-refractivity contribution in [3.63, 3.8) is 0 Å². The van der Waals surface area contributed by atoms with Crippen LogP contribution < -0.4 is 5.32 Å². The van der Waals surface area contributed by atoms with Crippen LogP contribution in [0.15, 0.2) is 54.9 Å². The molecule has 0 unspecified atom stereocenters. The predicted molar refractivity (Wildman–Crippen MR) is 94.2 cm³/mol. The van der Waals surface area contributed by atoms with E-state index in [2.05, 4.69) is 15.3 Å². The number of fused-ring (bicyclic) bond motifs is 1. The first-order chi connectivity index (χ1) is 12.0. The summed E-state index contributed by atoms with van der Waals surface area (Å²) in [4.78, 5) is 32.2. The number of nitrogens with one attached hydrogen (secondary N) is 1. The number of carbonyl (C=O) groups is 2. The number of esters is 1. The lowest BCUT2D eigenvalue weighted by atomic mass is 10.1. The normalized spacial score (nSPS) is 11.8. The Kier molecular flexibility index (Phi) is 4.70. The molecule has 0 aliphatic rings. The molecule has 0 spiro atoms. The molecule has 1 atom stereocenters. The average Bonchev–Trinajstić information content (AvgIpc) is 2.62. The van der Waals surface area contributed by atoms with Gasteiger partial charge >= 0.3 is 5.97 Å². The first kappa shape index (κ1) is 16.6. The zero-order chi connectivity index (χ0) is 17.8. The van der Waals surface area contributed by atoms with Crippen LogP contribution in [0.5, 0.6) is 0 Å². The van der Waals surface area contributed by atoms with Crippen LogP contribution >= 0.6 is 0 Å². The van der Waals surface area contributed by atoms with E-state index in [0.717, 1.165) is 10.8 Å². The summed E-state index contributed by atoms with van der Waals surface area (Å²) in [5, 5.41) is 4.84. The summed E-state index contributed by atoms with van der Waals surface area (Å²) >= 11 is 0. The number of carbonyl (C=O) groups excluding carboxylic acids is 2. The molecule has 0 radical (unpaired) electrons. The smallest absolute Gasteiger partial charge is 0.359 e. The molecule has 0 fully saturated rings. The maximum Gasteiger partial charge on any atom is 0.359 e. The number of hydrogen-bond donors (Lipinski definition) is 1. The molecular formula is C19H17N3O3. The van der Waals surface area contributed by atoms with Gasteiger partial charge in [0.05, 0.1) is 11.9 Å². The van der Waals surface area contributed by atoms with Crippen LogP contribution in [-0.2, 0) is 9.53 Å². The second-order valence-electron chi connectivity index (χ2n) is 5.64. The fourth-order valence-corrected chi connectivity index (χ4v) is 2.28. The molecule has 1 aromatic heterocycles. The van der Waals surface area contributed by atoms with E-state index in [-0.39, 0.29) is 5.69 Å². The van der Waals surface area contributed by atoms with E-state index < -0.39 is 18.0 Å². The zero-order valence-electron chi connectivity index (χ0n) is 13.9. The highest BCUT2D eigenvalue weighted by Gasteiger charge is 2.20. The van der Waals surface area contributed by atoms with Gasteiger partial charge in [0, 0.05) is 11.9 Å². The summed E-state index contributed by atoms with van der Waals surface area (Å²) < 4.78 is 5.14. The van der Waals surface area contributed by atoms with E-state index in [9.17, 15) is 9.59 Å². The van der Waals surface area contributed by atoms with Gasteiger partial charge in [-0.3, -0.25) is 9.78 Å². The number of aryl methyl sites for hydroxylation is 1. The van der Waals surface area contributed by atoms with E-state index >= 15 is 0 Å². The number of ether oxygens (including phenoxy) is 1. The molecular weight excluding hydrogens is 318 g/mol. The Hall–Kier alpha value is -3.28. The van der Waals surface area contributed by atoms with Gasteiger partial charge in [-0.1, -0.05) is 30.3 Å². The van der Waals surface area contributed by atoms with Crippen molar-refractivity contribution in [3.05, 3.63) is 66.2 Å².